The van der Waals surface area contributed by atoms with Gasteiger partial charge in [-0.15, -0.1) is 0 Å². The molecule has 0 N–H and O–H groups in total. The third-order valence-electron chi connectivity index (χ3n) is 7.29. The molecule has 6 rings (SSSR count). The molecule has 4 aliphatic rings. The predicted molar refractivity (Wildman–Crippen MR) is 119 cm³/mol. The first-order valence-electron chi connectivity index (χ1n) is 11.2. The van der Waals surface area contributed by atoms with Crippen LogP contribution in [0.15, 0.2) is 66.7 Å². The Morgan fingerprint density at radius 1 is 0.848 bits per heavy atom. The fourth-order valence-electron chi connectivity index (χ4n) is 5.77. The number of nitrogens with zero attached hydrogens (tertiary/aromatic N) is 2. The van der Waals surface area contributed by atoms with Crippen molar-refractivity contribution in [1.82, 2.24) is 0 Å². The van der Waals surface area contributed by atoms with Gasteiger partial charge in [0.1, 0.15) is 5.75 Å². The molecule has 0 radical (unpaired) electrons. The number of ether oxygens (including phenoxy) is 1. The van der Waals surface area contributed by atoms with Crippen LogP contribution in [0.3, 0.4) is 0 Å². The lowest BCUT2D eigenvalue weighted by Gasteiger charge is -2.18. The van der Waals surface area contributed by atoms with E-state index in [9.17, 15) is 19.2 Å². The molecule has 7 heteroatoms. The number of rotatable bonds is 4. The predicted octanol–water partition coefficient (Wildman–Crippen LogP) is 2.96. The summed E-state index contributed by atoms with van der Waals surface area (Å²) in [7, 11) is 0. The van der Waals surface area contributed by atoms with Crippen molar-refractivity contribution in [3.05, 3.63) is 66.7 Å². The molecule has 0 aromatic heterocycles. The molecule has 1 saturated carbocycles. The molecule has 166 valence electrons. The van der Waals surface area contributed by atoms with E-state index < -0.39 is 11.9 Å². The summed E-state index contributed by atoms with van der Waals surface area (Å²) in [5, 5.41) is 0. The largest absolute Gasteiger partial charge is 0.426 e. The van der Waals surface area contributed by atoms with Crippen LogP contribution in [0.4, 0.5) is 11.4 Å². The van der Waals surface area contributed by atoms with Crippen molar-refractivity contribution in [3.63, 3.8) is 0 Å². The molecule has 5 atom stereocenters. The van der Waals surface area contributed by atoms with Crippen molar-refractivity contribution < 1.29 is 23.9 Å². The van der Waals surface area contributed by atoms with Gasteiger partial charge in [0.05, 0.1) is 23.4 Å². The molecule has 2 aliphatic heterocycles. The molecular weight excluding hydrogens is 420 g/mol. The van der Waals surface area contributed by atoms with Crippen molar-refractivity contribution in [2.75, 3.05) is 16.3 Å². The number of carbonyl (C=O) groups is 4. The summed E-state index contributed by atoms with van der Waals surface area (Å²) in [6, 6.07) is 15.7. The second kappa shape index (κ2) is 7.40. The van der Waals surface area contributed by atoms with Crippen molar-refractivity contribution in [2.45, 2.75) is 12.8 Å². The molecule has 2 aromatic carbocycles. The molecule has 2 aromatic rings. The van der Waals surface area contributed by atoms with E-state index in [2.05, 4.69) is 12.2 Å². The van der Waals surface area contributed by atoms with Crippen LogP contribution in [0.1, 0.15) is 12.8 Å². The second-order valence-electron chi connectivity index (χ2n) is 9.17. The highest BCUT2D eigenvalue weighted by molar-refractivity contribution is 6.22. The van der Waals surface area contributed by atoms with Crippen LogP contribution in [0.5, 0.6) is 5.75 Å². The number of esters is 1. The standard InChI is InChI=1S/C26H22N2O5/c29-21-12-17(14-27(21)18-5-2-1-3-6-18)26(32)33-20-8-4-7-19(13-20)28-24(30)22-15-9-10-16(11-15)23(22)25(28)31/h1-10,13,15-17,22-23H,11-12,14H2. The Morgan fingerprint density at radius 2 is 1.52 bits per heavy atom. The lowest BCUT2D eigenvalue weighted by atomic mass is 9.85. The smallest absolute Gasteiger partial charge is 0.316 e. The van der Waals surface area contributed by atoms with Gasteiger partial charge < -0.3 is 9.64 Å². The number of fused-ring (bicyclic) bond motifs is 5. The van der Waals surface area contributed by atoms with E-state index in [-0.39, 0.29) is 60.1 Å². The zero-order valence-corrected chi connectivity index (χ0v) is 17.8. The van der Waals surface area contributed by atoms with E-state index >= 15 is 0 Å². The minimum Gasteiger partial charge on any atom is -0.426 e. The Balaban J connectivity index is 1.17. The van der Waals surface area contributed by atoms with Crippen LogP contribution in [-0.4, -0.2) is 30.2 Å². The number of hydrogen-bond acceptors (Lipinski definition) is 5. The molecule has 2 bridgehead atoms. The number of imide groups is 1. The fraction of sp³-hybridized carbons (Fsp3) is 0.308. The van der Waals surface area contributed by atoms with Gasteiger partial charge in [-0.1, -0.05) is 36.4 Å². The second-order valence-corrected chi connectivity index (χ2v) is 9.17. The normalized spacial score (nSPS) is 29.8. The van der Waals surface area contributed by atoms with E-state index in [1.807, 2.05) is 30.3 Å². The van der Waals surface area contributed by atoms with Gasteiger partial charge >= 0.3 is 5.97 Å². The Kier molecular flexibility index (Phi) is 4.47. The molecule has 3 fully saturated rings. The van der Waals surface area contributed by atoms with Crippen molar-refractivity contribution in [1.29, 1.82) is 0 Å². The first-order chi connectivity index (χ1) is 16.0. The summed E-state index contributed by atoms with van der Waals surface area (Å²) >= 11 is 0. The highest BCUT2D eigenvalue weighted by atomic mass is 16.5. The molecule has 2 saturated heterocycles. The average Bonchev–Trinajstić information content (AvgIpc) is 3.58. The number of hydrogen-bond donors (Lipinski definition) is 0. The van der Waals surface area contributed by atoms with Crippen LogP contribution in [0.2, 0.25) is 0 Å². The van der Waals surface area contributed by atoms with Crippen LogP contribution in [-0.2, 0) is 19.2 Å². The molecule has 33 heavy (non-hydrogen) atoms. The average molecular weight is 442 g/mol. The maximum Gasteiger partial charge on any atom is 0.316 e. The van der Waals surface area contributed by atoms with Gasteiger partial charge in [-0.2, -0.15) is 0 Å². The van der Waals surface area contributed by atoms with Gasteiger partial charge in [-0.3, -0.25) is 19.2 Å². The Hall–Kier alpha value is -3.74. The van der Waals surface area contributed by atoms with E-state index in [0.29, 0.717) is 5.69 Å². The number of benzene rings is 2. The molecular formula is C26H22N2O5. The van der Waals surface area contributed by atoms with E-state index in [1.165, 1.54) is 4.90 Å². The summed E-state index contributed by atoms with van der Waals surface area (Å²) < 4.78 is 5.57. The quantitative estimate of drug-likeness (QED) is 0.315. The summed E-state index contributed by atoms with van der Waals surface area (Å²) in [5.74, 6) is -1.61. The van der Waals surface area contributed by atoms with Crippen LogP contribution in [0, 0.1) is 29.6 Å². The van der Waals surface area contributed by atoms with Gasteiger partial charge in [0.2, 0.25) is 17.7 Å². The third kappa shape index (κ3) is 3.10. The number of para-hydroxylation sites is 1. The van der Waals surface area contributed by atoms with Crippen LogP contribution in [0.25, 0.3) is 0 Å². The lowest BCUT2D eigenvalue weighted by molar-refractivity contribution is -0.139. The van der Waals surface area contributed by atoms with Crippen molar-refractivity contribution in [3.8, 4) is 5.75 Å². The molecule has 0 spiro atoms. The molecule has 7 nitrogen and oxygen atoms in total. The Morgan fingerprint density at radius 3 is 2.21 bits per heavy atom. The Labute approximate surface area is 190 Å². The van der Waals surface area contributed by atoms with Gasteiger partial charge in [0.25, 0.3) is 0 Å². The van der Waals surface area contributed by atoms with Gasteiger partial charge in [-0.25, -0.2) is 4.90 Å². The third-order valence-corrected chi connectivity index (χ3v) is 7.29. The Bertz CT molecular complexity index is 1180. The first kappa shape index (κ1) is 19.9. The molecule has 5 unspecified atom stereocenters. The van der Waals surface area contributed by atoms with E-state index in [1.54, 1.807) is 29.2 Å². The summed E-state index contributed by atoms with van der Waals surface area (Å²) in [4.78, 5) is 54.2. The maximum absolute atomic E-state index is 13.1. The zero-order chi connectivity index (χ0) is 22.7. The lowest BCUT2D eigenvalue weighted by Crippen LogP contribution is -2.32. The monoisotopic (exact) mass is 442 g/mol. The molecule has 2 heterocycles. The summed E-state index contributed by atoms with van der Waals surface area (Å²) in [6.45, 7) is 0.254. The van der Waals surface area contributed by atoms with E-state index in [0.717, 1.165) is 12.1 Å². The van der Waals surface area contributed by atoms with E-state index in [4.69, 9.17) is 4.74 Å². The summed E-state index contributed by atoms with van der Waals surface area (Å²) in [6.07, 6.45) is 5.06. The van der Waals surface area contributed by atoms with Crippen LogP contribution >= 0.6 is 0 Å². The zero-order valence-electron chi connectivity index (χ0n) is 17.8. The number of carbonyl (C=O) groups excluding carboxylic acids is 4. The minimum atomic E-state index is -0.586. The molecule has 3 amide bonds. The van der Waals surface area contributed by atoms with Crippen molar-refractivity contribution in [2.24, 2.45) is 29.6 Å². The SMILES string of the molecule is O=C(Oc1cccc(N2C(=O)C3C4C=CC(C4)C3C2=O)c1)C1CC(=O)N(c2ccccc2)C1. The number of anilines is 2. The minimum absolute atomic E-state index is 0.0790. The molecule has 2 aliphatic carbocycles. The number of amides is 3. The highest BCUT2D eigenvalue weighted by Crippen LogP contribution is 2.53. The van der Waals surface area contributed by atoms with Crippen LogP contribution < -0.4 is 14.5 Å². The highest BCUT2D eigenvalue weighted by Gasteiger charge is 2.59. The van der Waals surface area contributed by atoms with Gasteiger partial charge in [0.15, 0.2) is 0 Å². The number of allylic oxidation sites excluding steroid dienone is 2. The topological polar surface area (TPSA) is 84.0 Å². The fourth-order valence-corrected chi connectivity index (χ4v) is 5.77. The maximum atomic E-state index is 13.1. The summed E-state index contributed by atoms with van der Waals surface area (Å²) in [5.41, 5.74) is 1.16. The van der Waals surface area contributed by atoms with Gasteiger partial charge in [-0.05, 0) is 42.5 Å². The van der Waals surface area contributed by atoms with Crippen molar-refractivity contribution >= 4 is 35.1 Å². The van der Waals surface area contributed by atoms with Gasteiger partial charge in [0, 0.05) is 24.7 Å². The first-order valence-corrected chi connectivity index (χ1v) is 11.2.